The van der Waals surface area contributed by atoms with Crippen molar-refractivity contribution in [1.29, 1.82) is 0 Å². The molecule has 0 spiro atoms. The minimum atomic E-state index is -0.410. The van der Waals surface area contributed by atoms with Crippen LogP contribution in [-0.2, 0) is 12.1 Å². The van der Waals surface area contributed by atoms with E-state index in [-0.39, 0.29) is 0 Å². The van der Waals surface area contributed by atoms with E-state index >= 15 is 0 Å². The summed E-state index contributed by atoms with van der Waals surface area (Å²) in [6.45, 7) is 6.42. The normalized spacial score (nSPS) is 11.4. The highest BCUT2D eigenvalue weighted by Crippen LogP contribution is 2.33. The van der Waals surface area contributed by atoms with Crippen molar-refractivity contribution in [3.8, 4) is 5.75 Å². The van der Waals surface area contributed by atoms with Crippen LogP contribution >= 0.6 is 11.6 Å². The van der Waals surface area contributed by atoms with Crippen LogP contribution in [0.25, 0.3) is 0 Å². The number of nitrogens with two attached hydrogens (primary N) is 1. The molecule has 0 bridgehead atoms. The molecule has 2 aromatic rings. The molecule has 106 valence electrons. The lowest BCUT2D eigenvalue weighted by Crippen LogP contribution is -2.28. The Balaban J connectivity index is 2.21. The molecule has 0 heterocycles. The van der Waals surface area contributed by atoms with Gasteiger partial charge in [0.2, 0.25) is 0 Å². The van der Waals surface area contributed by atoms with Crippen molar-refractivity contribution in [2.75, 3.05) is 0 Å². The molecule has 2 rings (SSSR count). The Morgan fingerprint density at radius 2 is 1.80 bits per heavy atom. The molecule has 0 saturated carbocycles. The Hall–Kier alpha value is -1.51. The third-order valence-electron chi connectivity index (χ3n) is 3.20. The minimum absolute atomic E-state index is 0.410. The van der Waals surface area contributed by atoms with Gasteiger partial charge in [-0.25, -0.2) is 0 Å². The van der Waals surface area contributed by atoms with Crippen LogP contribution in [0.1, 0.15) is 30.5 Å². The summed E-state index contributed by atoms with van der Waals surface area (Å²) in [5, 5.41) is 0.606. The highest BCUT2D eigenvalue weighted by atomic mass is 35.5. The molecular formula is C17H20ClNO. The Bertz CT molecular complexity index is 565. The van der Waals surface area contributed by atoms with Gasteiger partial charge in [0.1, 0.15) is 12.4 Å². The second-order valence-electron chi connectivity index (χ2n) is 5.60. The molecule has 0 aliphatic heterocycles. The van der Waals surface area contributed by atoms with Crippen molar-refractivity contribution in [3.63, 3.8) is 0 Å². The summed E-state index contributed by atoms with van der Waals surface area (Å²) < 4.78 is 5.85. The molecule has 0 amide bonds. The van der Waals surface area contributed by atoms with E-state index in [1.807, 2.05) is 63.2 Å². The largest absolute Gasteiger partial charge is 0.487 e. The fourth-order valence-electron chi connectivity index (χ4n) is 2.02. The van der Waals surface area contributed by atoms with E-state index in [9.17, 15) is 0 Å². The van der Waals surface area contributed by atoms with Crippen LogP contribution in [0, 0.1) is 6.92 Å². The lowest BCUT2D eigenvalue weighted by molar-refractivity contribution is 0.304. The van der Waals surface area contributed by atoms with E-state index in [1.54, 1.807) is 0 Å². The first-order valence-corrected chi connectivity index (χ1v) is 7.02. The van der Waals surface area contributed by atoms with Crippen LogP contribution in [0.15, 0.2) is 42.5 Å². The quantitative estimate of drug-likeness (QED) is 0.904. The van der Waals surface area contributed by atoms with Gasteiger partial charge in [0.15, 0.2) is 0 Å². The third-order valence-corrected chi connectivity index (χ3v) is 3.48. The summed E-state index contributed by atoms with van der Waals surface area (Å²) in [5.74, 6) is 0.725. The van der Waals surface area contributed by atoms with E-state index < -0.39 is 5.54 Å². The van der Waals surface area contributed by atoms with Crippen molar-refractivity contribution < 1.29 is 4.74 Å². The predicted octanol–water partition coefficient (Wildman–Crippen LogP) is 4.42. The number of halogens is 1. The smallest absolute Gasteiger partial charge is 0.141 e. The summed E-state index contributed by atoms with van der Waals surface area (Å²) >= 11 is 6.33. The zero-order chi connectivity index (χ0) is 14.8. The summed E-state index contributed by atoms with van der Waals surface area (Å²) in [7, 11) is 0. The first-order chi connectivity index (χ1) is 9.38. The fourth-order valence-corrected chi connectivity index (χ4v) is 2.34. The van der Waals surface area contributed by atoms with Crippen LogP contribution < -0.4 is 10.5 Å². The zero-order valence-electron chi connectivity index (χ0n) is 12.1. The molecule has 20 heavy (non-hydrogen) atoms. The van der Waals surface area contributed by atoms with Gasteiger partial charge < -0.3 is 10.5 Å². The summed E-state index contributed by atoms with van der Waals surface area (Å²) in [4.78, 5) is 0. The summed E-state index contributed by atoms with van der Waals surface area (Å²) in [6, 6.07) is 13.9. The lowest BCUT2D eigenvalue weighted by Gasteiger charge is -2.21. The number of aryl methyl sites for hydroxylation is 1. The molecule has 2 aromatic carbocycles. The predicted molar refractivity (Wildman–Crippen MR) is 84.2 cm³/mol. The van der Waals surface area contributed by atoms with Gasteiger partial charge in [-0.2, -0.15) is 0 Å². The third kappa shape index (κ3) is 3.53. The van der Waals surface area contributed by atoms with Gasteiger partial charge in [-0.1, -0.05) is 48.0 Å². The maximum atomic E-state index is 6.33. The van der Waals surface area contributed by atoms with Gasteiger partial charge in [0, 0.05) is 5.54 Å². The SMILES string of the molecule is Cc1cc(C(C)(C)N)cc(Cl)c1OCc1ccccc1. The first-order valence-electron chi connectivity index (χ1n) is 6.64. The molecule has 2 N–H and O–H groups in total. The van der Waals surface area contributed by atoms with E-state index in [2.05, 4.69) is 0 Å². The fraction of sp³-hybridized carbons (Fsp3) is 0.294. The van der Waals surface area contributed by atoms with E-state index in [4.69, 9.17) is 22.1 Å². The number of rotatable bonds is 4. The van der Waals surface area contributed by atoms with E-state index in [0.29, 0.717) is 11.6 Å². The topological polar surface area (TPSA) is 35.2 Å². The lowest BCUT2D eigenvalue weighted by atomic mass is 9.94. The highest BCUT2D eigenvalue weighted by Gasteiger charge is 2.18. The van der Waals surface area contributed by atoms with Crippen LogP contribution in [0.2, 0.25) is 5.02 Å². The Morgan fingerprint density at radius 1 is 1.15 bits per heavy atom. The van der Waals surface area contributed by atoms with Crippen LogP contribution in [-0.4, -0.2) is 0 Å². The standard InChI is InChI=1S/C17H20ClNO/c1-12-9-14(17(2,3)19)10-15(18)16(12)20-11-13-7-5-4-6-8-13/h4-10H,11,19H2,1-3H3. The van der Waals surface area contributed by atoms with Gasteiger partial charge in [0.05, 0.1) is 5.02 Å². The van der Waals surface area contributed by atoms with E-state index in [0.717, 1.165) is 22.4 Å². The Kier molecular flexibility index (Phi) is 4.36. The van der Waals surface area contributed by atoms with Crippen molar-refractivity contribution in [2.24, 2.45) is 5.73 Å². The van der Waals surface area contributed by atoms with E-state index in [1.165, 1.54) is 0 Å². The van der Waals surface area contributed by atoms with Crippen molar-refractivity contribution in [2.45, 2.75) is 32.9 Å². The number of hydrogen-bond donors (Lipinski definition) is 1. The van der Waals surface area contributed by atoms with Gasteiger partial charge in [-0.05, 0) is 43.5 Å². The molecule has 0 radical (unpaired) electrons. The molecule has 0 saturated heterocycles. The minimum Gasteiger partial charge on any atom is -0.487 e. The molecule has 3 heteroatoms. The molecule has 0 aliphatic rings. The summed E-state index contributed by atoms with van der Waals surface area (Å²) in [6.07, 6.45) is 0. The highest BCUT2D eigenvalue weighted by molar-refractivity contribution is 6.32. The second-order valence-corrected chi connectivity index (χ2v) is 6.01. The molecule has 0 fully saturated rings. The average Bonchev–Trinajstić information content (AvgIpc) is 2.37. The molecule has 2 nitrogen and oxygen atoms in total. The van der Waals surface area contributed by atoms with Gasteiger partial charge >= 0.3 is 0 Å². The molecule has 0 aliphatic carbocycles. The van der Waals surface area contributed by atoms with Crippen molar-refractivity contribution in [3.05, 3.63) is 64.2 Å². The van der Waals surface area contributed by atoms with Crippen LogP contribution in [0.4, 0.5) is 0 Å². The maximum absolute atomic E-state index is 6.33. The monoisotopic (exact) mass is 289 g/mol. The zero-order valence-corrected chi connectivity index (χ0v) is 12.9. The average molecular weight is 290 g/mol. The number of ether oxygens (including phenoxy) is 1. The first kappa shape index (κ1) is 14.9. The van der Waals surface area contributed by atoms with Gasteiger partial charge in [-0.3, -0.25) is 0 Å². The second kappa shape index (κ2) is 5.86. The summed E-state index contributed by atoms with van der Waals surface area (Å²) in [5.41, 5.74) is 8.83. The van der Waals surface area contributed by atoms with Crippen LogP contribution in [0.3, 0.4) is 0 Å². The number of benzene rings is 2. The molecule has 0 atom stereocenters. The van der Waals surface area contributed by atoms with Crippen LogP contribution in [0.5, 0.6) is 5.75 Å². The Labute approximate surface area is 125 Å². The molecular weight excluding hydrogens is 270 g/mol. The molecule has 0 aromatic heterocycles. The van der Waals surface area contributed by atoms with Crippen molar-refractivity contribution >= 4 is 11.6 Å². The van der Waals surface area contributed by atoms with Gasteiger partial charge in [0.25, 0.3) is 0 Å². The van der Waals surface area contributed by atoms with Crippen molar-refractivity contribution in [1.82, 2.24) is 0 Å². The Morgan fingerprint density at radius 3 is 2.35 bits per heavy atom. The molecule has 0 unspecified atom stereocenters. The maximum Gasteiger partial charge on any atom is 0.141 e. The van der Waals surface area contributed by atoms with Gasteiger partial charge in [-0.15, -0.1) is 0 Å². The number of hydrogen-bond acceptors (Lipinski definition) is 2.